The maximum atomic E-state index is 11.3. The lowest BCUT2D eigenvalue weighted by molar-refractivity contribution is -0.122. The molecule has 1 atom stereocenters. The van der Waals surface area contributed by atoms with Crippen molar-refractivity contribution >= 4 is 33.3 Å². The van der Waals surface area contributed by atoms with Crippen molar-refractivity contribution in [3.63, 3.8) is 0 Å². The lowest BCUT2D eigenvalue weighted by Gasteiger charge is -2.24. The zero-order chi connectivity index (χ0) is 14.2. The Kier molecular flexibility index (Phi) is 3.25. The van der Waals surface area contributed by atoms with E-state index in [-0.39, 0.29) is 11.9 Å². The van der Waals surface area contributed by atoms with Gasteiger partial charge in [0.05, 0.1) is 5.39 Å². The highest BCUT2D eigenvalue weighted by atomic mass is 32.1. The average molecular weight is 302 g/mol. The monoisotopic (exact) mass is 302 g/mol. The van der Waals surface area contributed by atoms with Crippen LogP contribution in [0.1, 0.15) is 36.1 Å². The molecule has 4 rings (SSSR count). The van der Waals surface area contributed by atoms with Crippen molar-refractivity contribution in [1.29, 1.82) is 0 Å². The van der Waals surface area contributed by atoms with Crippen LogP contribution in [0, 0.1) is 0 Å². The highest BCUT2D eigenvalue weighted by molar-refractivity contribution is 7.19. The fourth-order valence-corrected chi connectivity index (χ4v) is 4.48. The summed E-state index contributed by atoms with van der Waals surface area (Å²) in [5.41, 5.74) is 1.45. The number of nitrogens with one attached hydrogen (secondary N) is 2. The summed E-state index contributed by atoms with van der Waals surface area (Å²) in [5.74, 6) is 1.09. The van der Waals surface area contributed by atoms with Gasteiger partial charge in [-0.15, -0.1) is 11.3 Å². The van der Waals surface area contributed by atoms with Gasteiger partial charge in [0.15, 0.2) is 0 Å². The Hall–Kier alpha value is -1.69. The molecule has 0 spiro atoms. The van der Waals surface area contributed by atoms with Crippen LogP contribution < -0.4 is 10.6 Å². The Balaban J connectivity index is 1.68. The van der Waals surface area contributed by atoms with Crippen LogP contribution in [0.25, 0.3) is 10.2 Å². The number of hydrogen-bond donors (Lipinski definition) is 2. The summed E-state index contributed by atoms with van der Waals surface area (Å²) in [7, 11) is 0. The van der Waals surface area contributed by atoms with E-state index < -0.39 is 0 Å². The van der Waals surface area contributed by atoms with E-state index in [4.69, 9.17) is 0 Å². The minimum Gasteiger partial charge on any atom is -0.365 e. The maximum absolute atomic E-state index is 11.3. The third-order valence-electron chi connectivity index (χ3n) is 4.36. The lowest BCUT2D eigenvalue weighted by atomic mass is 9.97. The zero-order valence-electron chi connectivity index (χ0n) is 11.8. The first-order chi connectivity index (χ1) is 10.3. The highest BCUT2D eigenvalue weighted by Gasteiger charge is 2.23. The molecule has 2 aliphatic rings. The Morgan fingerprint density at radius 1 is 1.24 bits per heavy atom. The van der Waals surface area contributed by atoms with E-state index in [1.165, 1.54) is 35.1 Å². The van der Waals surface area contributed by atoms with Crippen LogP contribution in [-0.4, -0.2) is 28.5 Å². The molecule has 0 radical (unpaired) electrons. The number of thiophene rings is 1. The maximum Gasteiger partial charge on any atom is 0.220 e. The molecule has 1 unspecified atom stereocenters. The number of anilines is 1. The largest absolute Gasteiger partial charge is 0.365 e. The molecule has 6 heteroatoms. The summed E-state index contributed by atoms with van der Waals surface area (Å²) >= 11 is 1.82. The van der Waals surface area contributed by atoms with E-state index in [2.05, 4.69) is 20.6 Å². The third kappa shape index (κ3) is 2.37. The first-order valence-electron chi connectivity index (χ1n) is 7.60. The molecule has 1 amide bonds. The van der Waals surface area contributed by atoms with E-state index >= 15 is 0 Å². The summed E-state index contributed by atoms with van der Waals surface area (Å²) < 4.78 is 0. The number of aromatic nitrogens is 2. The summed E-state index contributed by atoms with van der Waals surface area (Å²) in [6.07, 6.45) is 7.96. The van der Waals surface area contributed by atoms with Gasteiger partial charge in [-0.05, 0) is 37.7 Å². The number of rotatable bonds is 2. The summed E-state index contributed by atoms with van der Waals surface area (Å²) in [4.78, 5) is 22.8. The minimum absolute atomic E-state index is 0.147. The fraction of sp³-hybridized carbons (Fsp3) is 0.533. The van der Waals surface area contributed by atoms with Crippen LogP contribution in [0.15, 0.2) is 6.33 Å². The molecule has 21 heavy (non-hydrogen) atoms. The number of amides is 1. The molecule has 1 aliphatic heterocycles. The number of carbonyl (C=O) groups excluding carboxylic acids is 1. The van der Waals surface area contributed by atoms with Gasteiger partial charge in [0.25, 0.3) is 0 Å². The Labute approximate surface area is 127 Å². The summed E-state index contributed by atoms with van der Waals surface area (Å²) in [6.45, 7) is 0.677. The SMILES string of the molecule is O=C1CCC(Nc2ncnc3sc4c(c23)CCCC4)CN1. The summed E-state index contributed by atoms with van der Waals surface area (Å²) in [5, 5.41) is 7.65. The predicted octanol–water partition coefficient (Wildman–Crippen LogP) is 2.26. The number of aryl methyl sites for hydroxylation is 2. The topological polar surface area (TPSA) is 66.9 Å². The predicted molar refractivity (Wildman–Crippen MR) is 83.7 cm³/mol. The molecule has 1 aliphatic carbocycles. The van der Waals surface area contributed by atoms with E-state index in [1.807, 2.05) is 11.3 Å². The number of fused-ring (bicyclic) bond motifs is 3. The molecule has 5 nitrogen and oxygen atoms in total. The van der Waals surface area contributed by atoms with Gasteiger partial charge >= 0.3 is 0 Å². The zero-order valence-corrected chi connectivity index (χ0v) is 12.6. The van der Waals surface area contributed by atoms with Gasteiger partial charge in [0.1, 0.15) is 17.0 Å². The van der Waals surface area contributed by atoms with Crippen molar-refractivity contribution in [3.05, 3.63) is 16.8 Å². The Bertz CT molecular complexity index is 686. The number of nitrogens with zero attached hydrogens (tertiary/aromatic N) is 2. The summed E-state index contributed by atoms with van der Waals surface area (Å²) in [6, 6.07) is 0.264. The van der Waals surface area contributed by atoms with Gasteiger partial charge in [0, 0.05) is 23.9 Å². The first-order valence-corrected chi connectivity index (χ1v) is 8.41. The van der Waals surface area contributed by atoms with E-state index in [9.17, 15) is 4.79 Å². The quantitative estimate of drug-likeness (QED) is 0.893. The van der Waals surface area contributed by atoms with Crippen LogP contribution in [-0.2, 0) is 17.6 Å². The van der Waals surface area contributed by atoms with Crippen molar-refractivity contribution in [2.45, 2.75) is 44.6 Å². The van der Waals surface area contributed by atoms with Crippen molar-refractivity contribution in [1.82, 2.24) is 15.3 Å². The number of hydrogen-bond acceptors (Lipinski definition) is 5. The fourth-order valence-electron chi connectivity index (χ4n) is 3.25. The number of carbonyl (C=O) groups is 1. The van der Waals surface area contributed by atoms with Crippen LogP contribution >= 0.6 is 11.3 Å². The van der Waals surface area contributed by atoms with Crippen molar-refractivity contribution < 1.29 is 4.79 Å². The van der Waals surface area contributed by atoms with Crippen LogP contribution in [0.3, 0.4) is 0 Å². The van der Waals surface area contributed by atoms with Gasteiger partial charge in [-0.1, -0.05) is 0 Å². The second-order valence-corrected chi connectivity index (χ2v) is 6.88. The number of piperidine rings is 1. The van der Waals surface area contributed by atoms with E-state index in [0.29, 0.717) is 13.0 Å². The molecular formula is C15H18N4OS. The smallest absolute Gasteiger partial charge is 0.220 e. The van der Waals surface area contributed by atoms with Gasteiger partial charge in [-0.2, -0.15) is 0 Å². The Morgan fingerprint density at radius 3 is 3.00 bits per heavy atom. The van der Waals surface area contributed by atoms with Gasteiger partial charge in [-0.25, -0.2) is 9.97 Å². The van der Waals surface area contributed by atoms with E-state index in [0.717, 1.165) is 23.5 Å². The van der Waals surface area contributed by atoms with Crippen LogP contribution in [0.2, 0.25) is 0 Å². The molecule has 2 N–H and O–H groups in total. The molecule has 3 heterocycles. The van der Waals surface area contributed by atoms with Crippen molar-refractivity contribution in [2.24, 2.45) is 0 Å². The molecule has 2 aromatic rings. The van der Waals surface area contributed by atoms with Gasteiger partial charge in [-0.3, -0.25) is 4.79 Å². The van der Waals surface area contributed by atoms with Crippen LogP contribution in [0.4, 0.5) is 5.82 Å². The highest BCUT2D eigenvalue weighted by Crippen LogP contribution is 2.38. The molecule has 110 valence electrons. The molecule has 0 bridgehead atoms. The molecular weight excluding hydrogens is 284 g/mol. The van der Waals surface area contributed by atoms with Crippen molar-refractivity contribution in [2.75, 3.05) is 11.9 Å². The minimum atomic E-state index is 0.147. The second kappa shape index (κ2) is 5.26. The third-order valence-corrected chi connectivity index (χ3v) is 5.56. The molecule has 1 saturated heterocycles. The molecule has 0 aromatic carbocycles. The van der Waals surface area contributed by atoms with Crippen LogP contribution in [0.5, 0.6) is 0 Å². The van der Waals surface area contributed by atoms with Crippen molar-refractivity contribution in [3.8, 4) is 0 Å². The van der Waals surface area contributed by atoms with Gasteiger partial charge in [0.2, 0.25) is 5.91 Å². The van der Waals surface area contributed by atoms with Gasteiger partial charge < -0.3 is 10.6 Å². The van der Waals surface area contributed by atoms with E-state index in [1.54, 1.807) is 6.33 Å². The second-order valence-electron chi connectivity index (χ2n) is 5.80. The molecule has 0 saturated carbocycles. The first kappa shape index (κ1) is 13.0. The molecule has 1 fully saturated rings. The molecule has 2 aromatic heterocycles. The lowest BCUT2D eigenvalue weighted by Crippen LogP contribution is -2.42. The Morgan fingerprint density at radius 2 is 2.14 bits per heavy atom. The average Bonchev–Trinajstić information content (AvgIpc) is 2.89. The normalized spacial score (nSPS) is 21.9. The standard InChI is InChI=1S/C15H18N4OS/c20-12-6-5-9(7-16-12)19-14-13-10-3-1-2-4-11(10)21-15(13)18-8-17-14/h8-9H,1-7H2,(H,16,20)(H,17,18,19).